The molecular weight excluding hydrogens is 257 g/mol. The molecule has 0 N–H and O–H groups in total. The number of hydrogen-bond donors (Lipinski definition) is 0. The molecule has 2 rings (SSSR count). The number of rotatable bonds is 4. The zero-order valence-electron chi connectivity index (χ0n) is 9.13. The van der Waals surface area contributed by atoms with Crippen molar-refractivity contribution in [1.82, 2.24) is 0 Å². The molecule has 0 aliphatic rings. The SMILES string of the molecule is O=C(Cc1cccs1)c1ccc(F)cc1[N+](=O)[O-]. The summed E-state index contributed by atoms with van der Waals surface area (Å²) in [6, 6.07) is 6.55. The quantitative estimate of drug-likeness (QED) is 0.484. The molecule has 2 aromatic rings. The van der Waals surface area contributed by atoms with Gasteiger partial charge in [0.2, 0.25) is 0 Å². The van der Waals surface area contributed by atoms with Gasteiger partial charge in [0.25, 0.3) is 5.69 Å². The van der Waals surface area contributed by atoms with E-state index in [4.69, 9.17) is 0 Å². The molecule has 18 heavy (non-hydrogen) atoms. The number of nitrogens with zero attached hydrogens (tertiary/aromatic N) is 1. The smallest absolute Gasteiger partial charge is 0.283 e. The number of benzene rings is 1. The zero-order valence-corrected chi connectivity index (χ0v) is 9.95. The van der Waals surface area contributed by atoms with Gasteiger partial charge in [0.1, 0.15) is 5.82 Å². The van der Waals surface area contributed by atoms with Gasteiger partial charge < -0.3 is 0 Å². The summed E-state index contributed by atoms with van der Waals surface area (Å²) in [7, 11) is 0. The van der Waals surface area contributed by atoms with E-state index in [1.807, 2.05) is 5.38 Å². The van der Waals surface area contributed by atoms with Gasteiger partial charge in [-0.1, -0.05) is 6.07 Å². The molecule has 0 aliphatic carbocycles. The molecule has 1 aromatic carbocycles. The number of Topliss-reactive ketones (excluding diaryl/α,β-unsaturated/α-hetero) is 1. The lowest BCUT2D eigenvalue weighted by Crippen LogP contribution is -2.06. The van der Waals surface area contributed by atoms with Crippen molar-refractivity contribution in [1.29, 1.82) is 0 Å². The van der Waals surface area contributed by atoms with Gasteiger partial charge in [-0.15, -0.1) is 11.3 Å². The molecule has 1 heterocycles. The average molecular weight is 265 g/mol. The highest BCUT2D eigenvalue weighted by atomic mass is 32.1. The Morgan fingerprint density at radius 2 is 2.17 bits per heavy atom. The first-order valence-electron chi connectivity index (χ1n) is 5.07. The van der Waals surface area contributed by atoms with Crippen molar-refractivity contribution in [3.8, 4) is 0 Å². The van der Waals surface area contributed by atoms with Crippen LogP contribution in [0.3, 0.4) is 0 Å². The van der Waals surface area contributed by atoms with Crippen LogP contribution in [0.2, 0.25) is 0 Å². The highest BCUT2D eigenvalue weighted by Crippen LogP contribution is 2.22. The Morgan fingerprint density at radius 3 is 2.78 bits per heavy atom. The van der Waals surface area contributed by atoms with Crippen molar-refractivity contribution in [3.63, 3.8) is 0 Å². The third-order valence-electron chi connectivity index (χ3n) is 2.37. The van der Waals surface area contributed by atoms with Gasteiger partial charge in [-0.05, 0) is 23.6 Å². The second-order valence-corrected chi connectivity index (χ2v) is 4.63. The molecule has 1 aromatic heterocycles. The van der Waals surface area contributed by atoms with Gasteiger partial charge in [0.05, 0.1) is 16.6 Å². The van der Waals surface area contributed by atoms with Crippen molar-refractivity contribution < 1.29 is 14.1 Å². The molecule has 4 nitrogen and oxygen atoms in total. The number of ketones is 1. The van der Waals surface area contributed by atoms with E-state index in [-0.39, 0.29) is 17.8 Å². The summed E-state index contributed by atoms with van der Waals surface area (Å²) in [5.74, 6) is -1.11. The Kier molecular flexibility index (Phi) is 3.47. The second kappa shape index (κ2) is 5.05. The van der Waals surface area contributed by atoms with E-state index in [0.717, 1.165) is 23.1 Å². The summed E-state index contributed by atoms with van der Waals surface area (Å²) in [4.78, 5) is 22.8. The summed E-state index contributed by atoms with van der Waals surface area (Å²) in [6.45, 7) is 0. The molecule has 0 amide bonds. The number of thiophene rings is 1. The average Bonchev–Trinajstić information content (AvgIpc) is 2.81. The van der Waals surface area contributed by atoms with Crippen LogP contribution < -0.4 is 0 Å². The fourth-order valence-corrected chi connectivity index (χ4v) is 2.26. The largest absolute Gasteiger partial charge is 0.294 e. The Bertz CT molecular complexity index is 595. The van der Waals surface area contributed by atoms with Gasteiger partial charge in [-0.25, -0.2) is 4.39 Å². The Labute approximate surface area is 106 Å². The van der Waals surface area contributed by atoms with Crippen LogP contribution in [0.15, 0.2) is 35.7 Å². The summed E-state index contributed by atoms with van der Waals surface area (Å²) in [5, 5.41) is 12.6. The molecule has 0 unspecified atom stereocenters. The van der Waals surface area contributed by atoms with Crippen LogP contribution in [0.5, 0.6) is 0 Å². The molecule has 0 atom stereocenters. The predicted molar refractivity (Wildman–Crippen MR) is 65.4 cm³/mol. The normalized spacial score (nSPS) is 10.3. The number of hydrogen-bond acceptors (Lipinski definition) is 4. The summed E-state index contributed by atoms with van der Waals surface area (Å²) >= 11 is 1.40. The molecular formula is C12H8FNO3S. The van der Waals surface area contributed by atoms with Crippen molar-refractivity contribution in [2.45, 2.75) is 6.42 Å². The lowest BCUT2D eigenvalue weighted by Gasteiger charge is -2.01. The topological polar surface area (TPSA) is 60.2 Å². The van der Waals surface area contributed by atoms with E-state index >= 15 is 0 Å². The lowest BCUT2D eigenvalue weighted by molar-refractivity contribution is -0.385. The molecule has 0 saturated carbocycles. The number of nitro benzene ring substituents is 1. The highest BCUT2D eigenvalue weighted by molar-refractivity contribution is 7.10. The van der Waals surface area contributed by atoms with E-state index in [9.17, 15) is 19.3 Å². The first kappa shape index (κ1) is 12.4. The number of nitro groups is 1. The van der Waals surface area contributed by atoms with Crippen LogP contribution in [0.25, 0.3) is 0 Å². The maximum atomic E-state index is 12.9. The zero-order chi connectivity index (χ0) is 13.1. The molecule has 0 spiro atoms. The monoisotopic (exact) mass is 265 g/mol. The maximum Gasteiger partial charge on any atom is 0.283 e. The third-order valence-corrected chi connectivity index (χ3v) is 3.25. The molecule has 0 bridgehead atoms. The van der Waals surface area contributed by atoms with Crippen LogP contribution in [-0.4, -0.2) is 10.7 Å². The minimum atomic E-state index is -0.745. The molecule has 92 valence electrons. The first-order valence-corrected chi connectivity index (χ1v) is 5.95. The van der Waals surface area contributed by atoms with Gasteiger partial charge in [0, 0.05) is 11.3 Å². The number of carbonyl (C=O) groups is 1. The maximum absolute atomic E-state index is 12.9. The first-order chi connectivity index (χ1) is 8.58. The molecule has 0 fully saturated rings. The number of halogens is 1. The fraction of sp³-hybridized carbons (Fsp3) is 0.0833. The van der Waals surface area contributed by atoms with Crippen LogP contribution in [0.1, 0.15) is 15.2 Å². The van der Waals surface area contributed by atoms with Gasteiger partial charge in [0.15, 0.2) is 5.78 Å². The Balaban J connectivity index is 2.32. The highest BCUT2D eigenvalue weighted by Gasteiger charge is 2.21. The molecule has 0 radical (unpaired) electrons. The lowest BCUT2D eigenvalue weighted by atomic mass is 10.1. The van der Waals surface area contributed by atoms with E-state index < -0.39 is 16.4 Å². The summed E-state index contributed by atoms with van der Waals surface area (Å²) in [5.41, 5.74) is -0.550. The van der Waals surface area contributed by atoms with Crippen LogP contribution in [0, 0.1) is 15.9 Å². The molecule has 6 heteroatoms. The van der Waals surface area contributed by atoms with Crippen LogP contribution >= 0.6 is 11.3 Å². The predicted octanol–water partition coefficient (Wildman–Crippen LogP) is 3.22. The molecule has 0 aliphatic heterocycles. The Morgan fingerprint density at radius 1 is 1.39 bits per heavy atom. The summed E-state index contributed by atoms with van der Waals surface area (Å²) in [6.07, 6.45) is 0.0874. The van der Waals surface area contributed by atoms with Crippen molar-refractivity contribution in [2.75, 3.05) is 0 Å². The minimum Gasteiger partial charge on any atom is -0.294 e. The van der Waals surface area contributed by atoms with Gasteiger partial charge in [-0.3, -0.25) is 14.9 Å². The molecule has 0 saturated heterocycles. The second-order valence-electron chi connectivity index (χ2n) is 3.60. The van der Waals surface area contributed by atoms with E-state index in [0.29, 0.717) is 0 Å². The van der Waals surface area contributed by atoms with Crippen molar-refractivity contribution in [2.24, 2.45) is 0 Å². The third kappa shape index (κ3) is 2.60. The standard InChI is InChI=1S/C12H8FNO3S/c13-8-3-4-10(11(6-8)14(16)17)12(15)7-9-2-1-5-18-9/h1-6H,7H2. The van der Waals surface area contributed by atoms with E-state index in [2.05, 4.69) is 0 Å². The Hall–Kier alpha value is -2.08. The van der Waals surface area contributed by atoms with E-state index in [1.54, 1.807) is 12.1 Å². The van der Waals surface area contributed by atoms with Gasteiger partial charge in [-0.2, -0.15) is 0 Å². The fourth-order valence-electron chi connectivity index (χ4n) is 1.56. The number of carbonyl (C=O) groups excluding carboxylic acids is 1. The van der Waals surface area contributed by atoms with Crippen molar-refractivity contribution >= 4 is 22.8 Å². The minimum absolute atomic E-state index is 0.0604. The van der Waals surface area contributed by atoms with Crippen LogP contribution in [-0.2, 0) is 6.42 Å². The van der Waals surface area contributed by atoms with Gasteiger partial charge >= 0.3 is 0 Å². The summed E-state index contributed by atoms with van der Waals surface area (Å²) < 4.78 is 12.9. The van der Waals surface area contributed by atoms with E-state index in [1.165, 1.54) is 11.3 Å². The van der Waals surface area contributed by atoms with Crippen LogP contribution in [0.4, 0.5) is 10.1 Å². The van der Waals surface area contributed by atoms with Crippen molar-refractivity contribution in [3.05, 3.63) is 62.1 Å².